The van der Waals surface area contributed by atoms with Gasteiger partial charge in [0.15, 0.2) is 0 Å². The normalized spacial score (nSPS) is 12.6. The Morgan fingerprint density at radius 2 is 1.95 bits per heavy atom. The number of rotatable bonds is 4. The molecule has 0 unspecified atom stereocenters. The first-order valence-corrected chi connectivity index (χ1v) is 6.15. The average Bonchev–Trinajstić information content (AvgIpc) is 2.28. The zero-order valence-corrected chi connectivity index (χ0v) is 11.6. The molecule has 0 aliphatic carbocycles. The molecule has 1 atom stereocenters. The summed E-state index contributed by atoms with van der Waals surface area (Å²) >= 11 is 0. The molecular formula is C14H18FNO4. The minimum atomic E-state index is -1.25. The first kappa shape index (κ1) is 15.9. The number of carboxylic acid groups (broad SMARTS) is 1. The molecule has 2 N–H and O–H groups in total. The van der Waals surface area contributed by atoms with Crippen molar-refractivity contribution in [2.24, 2.45) is 0 Å². The van der Waals surface area contributed by atoms with E-state index in [9.17, 15) is 14.0 Å². The predicted octanol–water partition coefficient (Wildman–Crippen LogP) is 2.35. The molecule has 0 aromatic heterocycles. The molecule has 0 saturated carbocycles. The van der Waals surface area contributed by atoms with Crippen LogP contribution in [0.15, 0.2) is 24.3 Å². The Hall–Kier alpha value is -2.11. The first-order valence-electron chi connectivity index (χ1n) is 6.15. The van der Waals surface area contributed by atoms with Gasteiger partial charge in [-0.1, -0.05) is 18.2 Å². The van der Waals surface area contributed by atoms with Gasteiger partial charge >= 0.3 is 12.1 Å². The number of aliphatic carboxylic acids is 1. The summed E-state index contributed by atoms with van der Waals surface area (Å²) in [4.78, 5) is 22.7. The van der Waals surface area contributed by atoms with Gasteiger partial charge in [0.25, 0.3) is 0 Å². The predicted molar refractivity (Wildman–Crippen MR) is 70.9 cm³/mol. The topological polar surface area (TPSA) is 75.6 Å². The Kier molecular flexibility index (Phi) is 5.07. The van der Waals surface area contributed by atoms with Crippen LogP contribution in [0.4, 0.5) is 9.18 Å². The van der Waals surface area contributed by atoms with Crippen LogP contribution in [0.2, 0.25) is 0 Å². The largest absolute Gasteiger partial charge is 0.480 e. The molecule has 0 radical (unpaired) electrons. The van der Waals surface area contributed by atoms with Crippen LogP contribution in [0.3, 0.4) is 0 Å². The van der Waals surface area contributed by atoms with E-state index in [2.05, 4.69) is 5.32 Å². The van der Waals surface area contributed by atoms with Crippen LogP contribution in [-0.2, 0) is 16.0 Å². The van der Waals surface area contributed by atoms with Crippen molar-refractivity contribution < 1.29 is 23.8 Å². The highest BCUT2D eigenvalue weighted by Gasteiger charge is 2.24. The van der Waals surface area contributed by atoms with Gasteiger partial charge in [-0.3, -0.25) is 0 Å². The van der Waals surface area contributed by atoms with Gasteiger partial charge in [-0.2, -0.15) is 0 Å². The second kappa shape index (κ2) is 6.36. The smallest absolute Gasteiger partial charge is 0.408 e. The van der Waals surface area contributed by atoms with Crippen molar-refractivity contribution in [2.45, 2.75) is 38.8 Å². The van der Waals surface area contributed by atoms with E-state index in [1.54, 1.807) is 26.8 Å². The van der Waals surface area contributed by atoms with E-state index in [1.165, 1.54) is 18.2 Å². The summed E-state index contributed by atoms with van der Waals surface area (Å²) in [5, 5.41) is 11.3. The molecular weight excluding hydrogens is 265 g/mol. The molecule has 0 aliphatic heterocycles. The minimum absolute atomic E-state index is 0.152. The standard InChI is InChI=1S/C14H18FNO4/c1-14(2,3)20-13(19)16-11(12(17)18)8-9-6-4-5-7-10(9)15/h4-7,11H,8H2,1-3H3,(H,16,19)(H,17,18)/t11-/m1/s1. The molecule has 0 saturated heterocycles. The van der Waals surface area contributed by atoms with Crippen molar-refractivity contribution in [1.82, 2.24) is 5.32 Å². The lowest BCUT2D eigenvalue weighted by molar-refractivity contribution is -0.139. The molecule has 1 amide bonds. The van der Waals surface area contributed by atoms with Gasteiger partial charge in [0.2, 0.25) is 0 Å². The number of carbonyl (C=O) groups is 2. The summed E-state index contributed by atoms with van der Waals surface area (Å²) < 4.78 is 18.5. The van der Waals surface area contributed by atoms with E-state index in [0.29, 0.717) is 0 Å². The van der Waals surface area contributed by atoms with Crippen molar-refractivity contribution in [1.29, 1.82) is 0 Å². The fraction of sp³-hybridized carbons (Fsp3) is 0.429. The van der Waals surface area contributed by atoms with E-state index in [0.717, 1.165) is 0 Å². The number of carbonyl (C=O) groups excluding carboxylic acids is 1. The third kappa shape index (κ3) is 5.26. The van der Waals surface area contributed by atoms with Gasteiger partial charge in [-0.15, -0.1) is 0 Å². The number of benzene rings is 1. The lowest BCUT2D eigenvalue weighted by Crippen LogP contribution is -2.44. The number of amides is 1. The van der Waals surface area contributed by atoms with Crippen molar-refractivity contribution in [3.05, 3.63) is 35.6 Å². The molecule has 0 bridgehead atoms. The summed E-state index contributed by atoms with van der Waals surface area (Å²) in [7, 11) is 0. The summed E-state index contributed by atoms with van der Waals surface area (Å²) in [5.41, 5.74) is -0.513. The van der Waals surface area contributed by atoms with Gasteiger partial charge in [0, 0.05) is 6.42 Å². The van der Waals surface area contributed by atoms with Crippen LogP contribution in [0.1, 0.15) is 26.3 Å². The van der Waals surface area contributed by atoms with Crippen LogP contribution >= 0.6 is 0 Å². The van der Waals surface area contributed by atoms with Gasteiger partial charge in [0.1, 0.15) is 17.5 Å². The van der Waals surface area contributed by atoms with E-state index >= 15 is 0 Å². The number of hydrogen-bond donors (Lipinski definition) is 2. The first-order chi connectivity index (χ1) is 9.19. The number of ether oxygens (including phenoxy) is 1. The Balaban J connectivity index is 2.74. The van der Waals surface area contributed by atoms with Gasteiger partial charge < -0.3 is 15.2 Å². The Bertz CT molecular complexity index is 496. The molecule has 0 aliphatic rings. The fourth-order valence-corrected chi connectivity index (χ4v) is 1.53. The highest BCUT2D eigenvalue weighted by molar-refractivity contribution is 5.80. The van der Waals surface area contributed by atoms with E-state index in [1.807, 2.05) is 0 Å². The lowest BCUT2D eigenvalue weighted by atomic mass is 10.1. The van der Waals surface area contributed by atoms with Crippen LogP contribution in [0.5, 0.6) is 0 Å². The zero-order valence-electron chi connectivity index (χ0n) is 11.6. The van der Waals surface area contributed by atoms with Gasteiger partial charge in [-0.05, 0) is 32.4 Å². The lowest BCUT2D eigenvalue weighted by Gasteiger charge is -2.22. The molecule has 0 heterocycles. The SMILES string of the molecule is CC(C)(C)OC(=O)N[C@H](Cc1ccccc1F)C(=O)O. The minimum Gasteiger partial charge on any atom is -0.480 e. The second-order valence-electron chi connectivity index (χ2n) is 5.33. The molecule has 5 nitrogen and oxygen atoms in total. The highest BCUT2D eigenvalue weighted by Crippen LogP contribution is 2.11. The summed E-state index contributed by atoms with van der Waals surface area (Å²) in [5.74, 6) is -1.76. The van der Waals surface area contributed by atoms with Crippen molar-refractivity contribution in [3.8, 4) is 0 Å². The number of carboxylic acids is 1. The molecule has 110 valence electrons. The molecule has 1 rings (SSSR count). The van der Waals surface area contributed by atoms with Crippen LogP contribution in [0.25, 0.3) is 0 Å². The molecule has 1 aromatic rings. The van der Waals surface area contributed by atoms with E-state index in [4.69, 9.17) is 9.84 Å². The fourth-order valence-electron chi connectivity index (χ4n) is 1.53. The average molecular weight is 283 g/mol. The maximum atomic E-state index is 13.5. The van der Waals surface area contributed by atoms with E-state index < -0.39 is 29.5 Å². The Morgan fingerprint density at radius 3 is 2.45 bits per heavy atom. The number of hydrogen-bond acceptors (Lipinski definition) is 3. The van der Waals surface area contributed by atoms with Gasteiger partial charge in [-0.25, -0.2) is 14.0 Å². The van der Waals surface area contributed by atoms with Crippen molar-refractivity contribution >= 4 is 12.1 Å². The Morgan fingerprint density at radius 1 is 1.35 bits per heavy atom. The molecule has 6 heteroatoms. The molecule has 1 aromatic carbocycles. The monoisotopic (exact) mass is 283 g/mol. The van der Waals surface area contributed by atoms with Crippen LogP contribution < -0.4 is 5.32 Å². The van der Waals surface area contributed by atoms with Crippen molar-refractivity contribution in [2.75, 3.05) is 0 Å². The maximum absolute atomic E-state index is 13.5. The number of halogens is 1. The van der Waals surface area contributed by atoms with Crippen LogP contribution in [-0.4, -0.2) is 28.8 Å². The molecule has 0 fully saturated rings. The molecule has 20 heavy (non-hydrogen) atoms. The Labute approximate surface area is 116 Å². The molecule has 0 spiro atoms. The maximum Gasteiger partial charge on any atom is 0.408 e. The summed E-state index contributed by atoms with van der Waals surface area (Å²) in [6, 6.07) is 4.58. The summed E-state index contributed by atoms with van der Waals surface area (Å²) in [6.45, 7) is 5.00. The van der Waals surface area contributed by atoms with Crippen molar-refractivity contribution in [3.63, 3.8) is 0 Å². The third-order valence-corrected chi connectivity index (χ3v) is 2.37. The third-order valence-electron chi connectivity index (χ3n) is 2.37. The summed E-state index contributed by atoms with van der Waals surface area (Å²) in [6.07, 6.45) is -0.998. The van der Waals surface area contributed by atoms with Gasteiger partial charge in [0.05, 0.1) is 0 Å². The second-order valence-corrected chi connectivity index (χ2v) is 5.33. The van der Waals surface area contributed by atoms with E-state index in [-0.39, 0.29) is 12.0 Å². The highest BCUT2D eigenvalue weighted by atomic mass is 19.1. The van der Waals surface area contributed by atoms with Crippen LogP contribution in [0, 0.1) is 5.82 Å². The zero-order chi connectivity index (χ0) is 15.3. The number of alkyl carbamates (subject to hydrolysis) is 1. The number of nitrogens with one attached hydrogen (secondary N) is 1. The quantitative estimate of drug-likeness (QED) is 0.889.